The van der Waals surface area contributed by atoms with E-state index >= 15 is 0 Å². The van der Waals surface area contributed by atoms with Gasteiger partial charge in [0.1, 0.15) is 0 Å². The topological polar surface area (TPSA) is 12.9 Å². The van der Waals surface area contributed by atoms with Gasteiger partial charge in [-0.3, -0.25) is 0 Å². The summed E-state index contributed by atoms with van der Waals surface area (Å²) in [6.07, 6.45) is 1.74. The van der Waals surface area contributed by atoms with Crippen LogP contribution < -0.4 is 4.16 Å². The Morgan fingerprint density at radius 2 is 2.44 bits per heavy atom. The zero-order chi connectivity index (χ0) is 6.69. The number of aromatic nitrogens is 1. The number of halogens is 2. The number of pyridine rings is 1. The van der Waals surface area contributed by atoms with Crippen LogP contribution in [-0.4, -0.2) is 4.98 Å². The third-order valence-electron chi connectivity index (χ3n) is 0.945. The van der Waals surface area contributed by atoms with E-state index < -0.39 is 15.2 Å². The van der Waals surface area contributed by atoms with Crippen LogP contribution in [0.15, 0.2) is 18.3 Å². The quantitative estimate of drug-likeness (QED) is 0.552. The molecule has 1 aromatic rings. The van der Waals surface area contributed by atoms with Crippen molar-refractivity contribution in [2.45, 2.75) is 0 Å². The van der Waals surface area contributed by atoms with Crippen molar-refractivity contribution >= 4 is 29.4 Å². The average molecular weight is 258 g/mol. The zero-order valence-corrected chi connectivity index (χ0v) is 9.95. The van der Waals surface area contributed by atoms with Crippen LogP contribution in [0.5, 0.6) is 0 Å². The summed E-state index contributed by atoms with van der Waals surface area (Å²) in [6, 6.07) is 3.91. The van der Waals surface area contributed by atoms with Gasteiger partial charge in [0.05, 0.1) is 0 Å². The molecule has 0 atom stereocenters. The summed E-state index contributed by atoms with van der Waals surface area (Å²) in [7, 11) is 0. The Morgan fingerprint density at radius 3 is 2.89 bits per heavy atom. The molecule has 0 bridgehead atoms. The Morgan fingerprint density at radius 1 is 1.67 bits per heavy atom. The van der Waals surface area contributed by atoms with Crippen LogP contribution >= 0.6 is 25.2 Å². The molecular weight excluding hydrogens is 255 g/mol. The molecule has 1 heterocycles. The molecule has 0 aliphatic heterocycles. The Labute approximate surface area is 72.8 Å². The van der Waals surface area contributed by atoms with Crippen LogP contribution in [0.4, 0.5) is 0 Å². The molecule has 0 unspecified atom stereocenters. The van der Waals surface area contributed by atoms with Crippen molar-refractivity contribution in [2.24, 2.45) is 0 Å². The van der Waals surface area contributed by atoms with Crippen molar-refractivity contribution < 1.29 is 15.2 Å². The summed E-state index contributed by atoms with van der Waals surface area (Å²) in [4.78, 5) is 3.86. The molecule has 0 fully saturated rings. The van der Waals surface area contributed by atoms with E-state index in [0.29, 0.717) is 5.15 Å². The zero-order valence-electron chi connectivity index (χ0n) is 4.64. The summed E-state index contributed by atoms with van der Waals surface area (Å²) >= 11 is 8.50. The fourth-order valence-electron chi connectivity index (χ4n) is 0.526. The number of hydrogen-bond acceptors (Lipinski definition) is 1. The Kier molecular flexibility index (Phi) is 3.10. The standard InChI is InChI=1S/C5H3ClN.BrH.Zn/c6-5-3-1-2-4-7-5;;/h2-4H;1H;/q;;+1/p-1. The third kappa shape index (κ3) is 2.32. The van der Waals surface area contributed by atoms with Crippen LogP contribution in [-0.2, 0) is 15.2 Å². The van der Waals surface area contributed by atoms with E-state index in [-0.39, 0.29) is 0 Å². The maximum absolute atomic E-state index is 5.62. The van der Waals surface area contributed by atoms with Crippen LogP contribution in [0.3, 0.4) is 0 Å². The van der Waals surface area contributed by atoms with E-state index in [4.69, 9.17) is 11.6 Å². The van der Waals surface area contributed by atoms with E-state index in [0.717, 1.165) is 0 Å². The van der Waals surface area contributed by atoms with Gasteiger partial charge in [-0.1, -0.05) is 0 Å². The van der Waals surface area contributed by atoms with Gasteiger partial charge in [-0.25, -0.2) is 0 Å². The normalized spacial score (nSPS) is 8.67. The predicted octanol–water partition coefficient (Wildman–Crippen LogP) is 1.75. The SMILES string of the molecule is Clc1c[c]([Zn][Br])ccn1. The summed E-state index contributed by atoms with van der Waals surface area (Å²) < 4.78 is 1.34. The number of rotatable bonds is 1. The minimum absolute atomic E-state index is 0.595. The maximum atomic E-state index is 5.62. The molecule has 0 saturated heterocycles. The molecular formula is C5H3BrClNZn. The van der Waals surface area contributed by atoms with E-state index in [9.17, 15) is 0 Å². The van der Waals surface area contributed by atoms with E-state index in [1.807, 2.05) is 12.1 Å². The van der Waals surface area contributed by atoms with Gasteiger partial charge in [-0.15, -0.1) is 0 Å². The molecule has 4 heteroatoms. The molecule has 0 aliphatic rings. The van der Waals surface area contributed by atoms with Gasteiger partial charge in [-0.05, 0) is 0 Å². The first-order valence-corrected chi connectivity index (χ1v) is 11.3. The summed E-state index contributed by atoms with van der Waals surface area (Å²) in [5, 5.41) is 0.595. The fraction of sp³-hybridized carbons (Fsp3) is 0. The predicted molar refractivity (Wildman–Crippen MR) is 37.8 cm³/mol. The second-order valence-electron chi connectivity index (χ2n) is 1.62. The van der Waals surface area contributed by atoms with Gasteiger partial charge in [0.15, 0.2) is 0 Å². The molecule has 0 aromatic carbocycles. The van der Waals surface area contributed by atoms with Crippen molar-refractivity contribution in [3.63, 3.8) is 0 Å². The van der Waals surface area contributed by atoms with Crippen LogP contribution in [0, 0.1) is 0 Å². The van der Waals surface area contributed by atoms with E-state index in [2.05, 4.69) is 18.6 Å². The van der Waals surface area contributed by atoms with Crippen molar-refractivity contribution in [3.05, 3.63) is 23.5 Å². The second-order valence-corrected chi connectivity index (χ2v) is 7.20. The average Bonchev–Trinajstić information content (AvgIpc) is 1.88. The van der Waals surface area contributed by atoms with Gasteiger partial charge in [0.25, 0.3) is 0 Å². The Hall–Kier alpha value is 0.543. The molecule has 1 nitrogen and oxygen atoms in total. The molecule has 0 saturated carbocycles. The molecule has 0 amide bonds. The molecule has 1 rings (SSSR count). The molecule has 9 heavy (non-hydrogen) atoms. The monoisotopic (exact) mass is 255 g/mol. The Bertz CT molecular complexity index is 206. The van der Waals surface area contributed by atoms with Gasteiger partial charge in [0.2, 0.25) is 0 Å². The first kappa shape index (κ1) is 7.65. The summed E-state index contributed by atoms with van der Waals surface area (Å²) in [6.45, 7) is 0. The molecule has 0 radical (unpaired) electrons. The van der Waals surface area contributed by atoms with Crippen molar-refractivity contribution in [2.75, 3.05) is 0 Å². The summed E-state index contributed by atoms with van der Waals surface area (Å²) in [5.74, 6) is 0. The number of nitrogens with zero attached hydrogens (tertiary/aromatic N) is 1. The third-order valence-corrected chi connectivity index (χ3v) is 6.09. The molecule has 0 spiro atoms. The van der Waals surface area contributed by atoms with Gasteiger partial charge >= 0.3 is 73.0 Å². The van der Waals surface area contributed by atoms with Gasteiger partial charge < -0.3 is 0 Å². The van der Waals surface area contributed by atoms with Crippen molar-refractivity contribution in [3.8, 4) is 0 Å². The molecule has 0 N–H and O–H groups in total. The first-order valence-electron chi connectivity index (χ1n) is 2.49. The molecule has 1 aromatic heterocycles. The second kappa shape index (κ2) is 3.65. The fourth-order valence-corrected chi connectivity index (χ4v) is 3.78. The Balaban J connectivity index is 2.94. The van der Waals surface area contributed by atoms with Crippen molar-refractivity contribution in [1.29, 1.82) is 0 Å². The summed E-state index contributed by atoms with van der Waals surface area (Å²) in [5.41, 5.74) is 0. The minimum atomic E-state index is -0.617. The molecule has 0 aliphatic carbocycles. The van der Waals surface area contributed by atoms with Gasteiger partial charge in [0, 0.05) is 0 Å². The van der Waals surface area contributed by atoms with Crippen LogP contribution in [0.2, 0.25) is 5.15 Å². The van der Waals surface area contributed by atoms with Crippen molar-refractivity contribution in [1.82, 2.24) is 4.98 Å². The van der Waals surface area contributed by atoms with E-state index in [1.165, 1.54) is 4.16 Å². The van der Waals surface area contributed by atoms with Crippen LogP contribution in [0.1, 0.15) is 0 Å². The van der Waals surface area contributed by atoms with E-state index in [1.54, 1.807) is 6.20 Å². The molecule has 44 valence electrons. The van der Waals surface area contributed by atoms with Gasteiger partial charge in [-0.2, -0.15) is 0 Å². The van der Waals surface area contributed by atoms with Crippen LogP contribution in [0.25, 0.3) is 0 Å². The first-order chi connectivity index (χ1) is 4.33. The number of hydrogen-bond donors (Lipinski definition) is 0.